The first kappa shape index (κ1) is 20.0. The number of amides is 3. The summed E-state index contributed by atoms with van der Waals surface area (Å²) in [6.45, 7) is 7.52. The molecular weight excluding hydrogens is 372 g/mol. The molecule has 2 fully saturated rings. The lowest BCUT2D eigenvalue weighted by atomic mass is 10.0. The van der Waals surface area contributed by atoms with Crippen LogP contribution in [0.2, 0.25) is 0 Å². The third-order valence-electron chi connectivity index (χ3n) is 5.78. The summed E-state index contributed by atoms with van der Waals surface area (Å²) in [5.74, 6) is -0.795. The first-order valence-corrected chi connectivity index (χ1v) is 10.2. The monoisotopic (exact) mass is 400 g/mol. The van der Waals surface area contributed by atoms with E-state index in [0.717, 1.165) is 24.2 Å². The van der Waals surface area contributed by atoms with Crippen molar-refractivity contribution in [1.82, 2.24) is 20.9 Å². The molecular formula is C21H28N4O4. The number of hydrogen-bond acceptors (Lipinski definition) is 6. The highest BCUT2D eigenvalue weighted by atomic mass is 16.5. The van der Waals surface area contributed by atoms with Gasteiger partial charge in [-0.25, -0.2) is 0 Å². The Morgan fingerprint density at radius 1 is 1.28 bits per heavy atom. The summed E-state index contributed by atoms with van der Waals surface area (Å²) in [5.41, 5.74) is 2.61. The van der Waals surface area contributed by atoms with Crippen LogP contribution < -0.4 is 16.0 Å². The number of carbonyl (C=O) groups excluding carboxylic acids is 3. The molecule has 3 heterocycles. The van der Waals surface area contributed by atoms with Crippen molar-refractivity contribution in [3.05, 3.63) is 34.9 Å². The molecule has 0 bridgehead atoms. The van der Waals surface area contributed by atoms with Crippen LogP contribution in [0.15, 0.2) is 18.2 Å². The average molecular weight is 400 g/mol. The highest BCUT2D eigenvalue weighted by molar-refractivity contribution is 6.05. The van der Waals surface area contributed by atoms with E-state index in [2.05, 4.69) is 29.8 Å². The third kappa shape index (κ3) is 4.34. The van der Waals surface area contributed by atoms with Crippen molar-refractivity contribution in [3.8, 4) is 0 Å². The van der Waals surface area contributed by atoms with Crippen molar-refractivity contribution < 1.29 is 19.1 Å². The number of fused-ring (bicyclic) bond motifs is 1. The van der Waals surface area contributed by atoms with Gasteiger partial charge >= 0.3 is 0 Å². The van der Waals surface area contributed by atoms with Crippen molar-refractivity contribution >= 4 is 17.7 Å². The summed E-state index contributed by atoms with van der Waals surface area (Å²) in [5, 5.41) is 9.20. The molecule has 0 spiro atoms. The molecule has 0 radical (unpaired) electrons. The topological polar surface area (TPSA) is 99.8 Å². The van der Waals surface area contributed by atoms with Gasteiger partial charge in [-0.05, 0) is 37.5 Å². The molecule has 0 saturated carbocycles. The summed E-state index contributed by atoms with van der Waals surface area (Å²) in [7, 11) is 0. The van der Waals surface area contributed by atoms with Gasteiger partial charge in [-0.3, -0.25) is 19.7 Å². The van der Waals surface area contributed by atoms with Crippen LogP contribution in [-0.2, 0) is 27.4 Å². The number of imide groups is 1. The largest absolute Gasteiger partial charge is 0.374 e. The van der Waals surface area contributed by atoms with Gasteiger partial charge in [0.2, 0.25) is 11.8 Å². The maximum Gasteiger partial charge on any atom is 0.255 e. The van der Waals surface area contributed by atoms with Gasteiger partial charge in [-0.2, -0.15) is 0 Å². The Bertz CT molecular complexity index is 828. The third-order valence-corrected chi connectivity index (χ3v) is 5.78. The number of piperidine rings is 1. The highest BCUT2D eigenvalue weighted by Gasteiger charge is 2.39. The molecule has 2 atom stereocenters. The van der Waals surface area contributed by atoms with Gasteiger partial charge in [0.1, 0.15) is 6.04 Å². The Morgan fingerprint density at radius 3 is 2.83 bits per heavy atom. The minimum atomic E-state index is -0.575. The van der Waals surface area contributed by atoms with Crippen LogP contribution >= 0.6 is 0 Å². The van der Waals surface area contributed by atoms with Crippen LogP contribution in [0.4, 0.5) is 0 Å². The van der Waals surface area contributed by atoms with Gasteiger partial charge in [0, 0.05) is 43.7 Å². The van der Waals surface area contributed by atoms with Crippen LogP contribution in [0.3, 0.4) is 0 Å². The summed E-state index contributed by atoms with van der Waals surface area (Å²) >= 11 is 0. The number of hydrogen-bond donors (Lipinski definition) is 3. The Balaban J connectivity index is 1.33. The smallest absolute Gasteiger partial charge is 0.255 e. The van der Waals surface area contributed by atoms with Crippen LogP contribution in [0, 0.1) is 0 Å². The molecule has 8 nitrogen and oxygen atoms in total. The highest BCUT2D eigenvalue weighted by Crippen LogP contribution is 2.28. The molecule has 1 aromatic carbocycles. The second kappa shape index (κ2) is 7.85. The predicted octanol–water partition coefficient (Wildman–Crippen LogP) is 0.304. The van der Waals surface area contributed by atoms with Crippen LogP contribution in [0.25, 0.3) is 0 Å². The van der Waals surface area contributed by atoms with Crippen molar-refractivity contribution in [2.24, 2.45) is 0 Å². The SMILES string of the molecule is CC1(C)COC(CNCc2ccc3c(c2)C(=O)N(C2CCC(=O)NC2=O)C3)CN1. The molecule has 8 heteroatoms. The van der Waals surface area contributed by atoms with E-state index in [1.165, 1.54) is 0 Å². The maximum absolute atomic E-state index is 12.9. The molecule has 1 aromatic rings. The lowest BCUT2D eigenvalue weighted by Crippen LogP contribution is -2.55. The number of benzene rings is 1. The fraction of sp³-hybridized carbons (Fsp3) is 0.571. The van der Waals surface area contributed by atoms with Gasteiger partial charge < -0.3 is 20.3 Å². The molecule has 156 valence electrons. The van der Waals surface area contributed by atoms with Gasteiger partial charge in [-0.1, -0.05) is 12.1 Å². The standard InChI is InChI=1S/C21H28N4O4/c1-21(2)12-29-15(10-23-21)9-22-8-13-3-4-14-11-25(20(28)16(14)7-13)17-5-6-18(26)24-19(17)27/h3-4,7,15,17,22-23H,5-6,8-12H2,1-2H3,(H,24,26,27). The summed E-state index contributed by atoms with van der Waals surface area (Å²) in [6, 6.07) is 5.29. The summed E-state index contributed by atoms with van der Waals surface area (Å²) in [4.78, 5) is 37.9. The molecule has 0 aromatic heterocycles. The number of ether oxygens (including phenoxy) is 1. The predicted molar refractivity (Wildman–Crippen MR) is 106 cm³/mol. The van der Waals surface area contributed by atoms with Crippen molar-refractivity contribution in [2.75, 3.05) is 19.7 Å². The average Bonchev–Trinajstić information content (AvgIpc) is 2.99. The lowest BCUT2D eigenvalue weighted by Gasteiger charge is -2.36. The molecule has 2 saturated heterocycles. The van der Waals surface area contributed by atoms with E-state index >= 15 is 0 Å². The van der Waals surface area contributed by atoms with E-state index in [4.69, 9.17) is 4.74 Å². The molecule has 0 aliphatic carbocycles. The molecule has 3 aliphatic heterocycles. The van der Waals surface area contributed by atoms with Gasteiger partial charge in [-0.15, -0.1) is 0 Å². The van der Waals surface area contributed by atoms with Crippen LogP contribution in [-0.4, -0.2) is 60.0 Å². The van der Waals surface area contributed by atoms with Crippen LogP contribution in [0.5, 0.6) is 0 Å². The first-order valence-electron chi connectivity index (χ1n) is 10.2. The van der Waals surface area contributed by atoms with E-state index in [1.54, 1.807) is 4.90 Å². The zero-order valence-corrected chi connectivity index (χ0v) is 16.9. The van der Waals surface area contributed by atoms with E-state index < -0.39 is 6.04 Å². The fourth-order valence-corrected chi connectivity index (χ4v) is 4.05. The first-order chi connectivity index (χ1) is 13.8. The number of nitrogens with zero attached hydrogens (tertiary/aromatic N) is 1. The Labute approximate surface area is 170 Å². The molecule has 29 heavy (non-hydrogen) atoms. The van der Waals surface area contributed by atoms with Gasteiger partial charge in [0.05, 0.1) is 12.7 Å². The molecule has 2 unspecified atom stereocenters. The fourth-order valence-electron chi connectivity index (χ4n) is 4.05. The van der Waals surface area contributed by atoms with E-state index in [-0.39, 0.29) is 35.8 Å². The van der Waals surface area contributed by atoms with Gasteiger partial charge in [0.15, 0.2) is 0 Å². The van der Waals surface area contributed by atoms with Crippen molar-refractivity contribution in [2.45, 2.75) is 57.5 Å². The number of carbonyl (C=O) groups is 3. The quantitative estimate of drug-likeness (QED) is 0.615. The molecule has 3 aliphatic rings. The summed E-state index contributed by atoms with van der Waals surface area (Å²) in [6.07, 6.45) is 0.772. The van der Waals surface area contributed by atoms with Crippen LogP contribution in [0.1, 0.15) is 48.2 Å². The molecule has 3 N–H and O–H groups in total. The Hall–Kier alpha value is -2.29. The normalized spacial score (nSPS) is 26.4. The number of morpholine rings is 1. The number of nitrogens with one attached hydrogen (secondary N) is 3. The molecule has 3 amide bonds. The lowest BCUT2D eigenvalue weighted by molar-refractivity contribution is -0.136. The zero-order chi connectivity index (χ0) is 20.6. The van der Waals surface area contributed by atoms with E-state index in [9.17, 15) is 14.4 Å². The minimum Gasteiger partial charge on any atom is -0.374 e. The van der Waals surface area contributed by atoms with Crippen molar-refractivity contribution in [1.29, 1.82) is 0 Å². The van der Waals surface area contributed by atoms with E-state index in [1.807, 2.05) is 18.2 Å². The molecule has 4 rings (SSSR count). The minimum absolute atomic E-state index is 0.0191. The Morgan fingerprint density at radius 2 is 2.10 bits per heavy atom. The zero-order valence-electron chi connectivity index (χ0n) is 16.9. The summed E-state index contributed by atoms with van der Waals surface area (Å²) < 4.78 is 5.87. The Kier molecular flexibility index (Phi) is 5.42. The second-order valence-corrected chi connectivity index (χ2v) is 8.72. The van der Waals surface area contributed by atoms with Gasteiger partial charge in [0.25, 0.3) is 5.91 Å². The maximum atomic E-state index is 12.9. The van der Waals surface area contributed by atoms with Crippen molar-refractivity contribution in [3.63, 3.8) is 0 Å². The van der Waals surface area contributed by atoms with E-state index in [0.29, 0.717) is 31.7 Å². The number of rotatable bonds is 5. The second-order valence-electron chi connectivity index (χ2n) is 8.72.